The molecule has 0 aliphatic carbocycles. The molecule has 1 aromatic rings. The van der Waals surface area contributed by atoms with Crippen molar-refractivity contribution in [2.75, 3.05) is 18.9 Å². The Balaban J connectivity index is 2.40. The van der Waals surface area contributed by atoms with Crippen LogP contribution in [0.4, 0.5) is 5.69 Å². The first-order valence-corrected chi connectivity index (χ1v) is 7.61. The van der Waals surface area contributed by atoms with Crippen LogP contribution in [0.5, 0.6) is 0 Å². The van der Waals surface area contributed by atoms with Crippen molar-refractivity contribution in [3.63, 3.8) is 0 Å². The second-order valence-electron chi connectivity index (χ2n) is 4.18. The number of nitrogen functional groups attached to an aromatic ring is 1. The van der Waals surface area contributed by atoms with Gasteiger partial charge in [0.1, 0.15) is 0 Å². The van der Waals surface area contributed by atoms with Gasteiger partial charge < -0.3 is 10.8 Å². The van der Waals surface area contributed by atoms with E-state index in [9.17, 15) is 8.42 Å². The first-order chi connectivity index (χ1) is 8.53. The van der Waals surface area contributed by atoms with Crippen LogP contribution in [0.3, 0.4) is 0 Å². The summed E-state index contributed by atoms with van der Waals surface area (Å²) in [5.74, 6) is -0.0575. The van der Waals surface area contributed by atoms with Crippen molar-refractivity contribution >= 4 is 15.7 Å². The lowest BCUT2D eigenvalue weighted by atomic mass is 10.2. The van der Waals surface area contributed by atoms with E-state index >= 15 is 0 Å². The summed E-state index contributed by atoms with van der Waals surface area (Å²) in [6, 6.07) is 6.85. The van der Waals surface area contributed by atoms with Crippen molar-refractivity contribution in [3.05, 3.63) is 29.8 Å². The van der Waals surface area contributed by atoms with Crippen LogP contribution in [-0.2, 0) is 15.8 Å². The minimum Gasteiger partial charge on any atom is -0.399 e. The van der Waals surface area contributed by atoms with E-state index < -0.39 is 10.0 Å². The molecule has 102 valence electrons. The second kappa shape index (κ2) is 7.35. The lowest BCUT2D eigenvalue weighted by Gasteiger charge is -2.07. The summed E-state index contributed by atoms with van der Waals surface area (Å²) in [6.45, 7) is 0.556. The predicted molar refractivity (Wildman–Crippen MR) is 72.4 cm³/mol. The van der Waals surface area contributed by atoms with E-state index in [1.165, 1.54) is 0 Å². The molecule has 18 heavy (non-hydrogen) atoms. The molecule has 0 unspecified atom stereocenters. The second-order valence-corrected chi connectivity index (χ2v) is 5.99. The number of anilines is 1. The Morgan fingerprint density at radius 3 is 2.67 bits per heavy atom. The monoisotopic (exact) mass is 272 g/mol. The van der Waals surface area contributed by atoms with Gasteiger partial charge in [-0.05, 0) is 37.0 Å². The average molecular weight is 272 g/mol. The van der Waals surface area contributed by atoms with E-state index in [4.69, 9.17) is 10.8 Å². The zero-order valence-electron chi connectivity index (χ0n) is 10.3. The Labute approximate surface area is 108 Å². The van der Waals surface area contributed by atoms with Crippen molar-refractivity contribution < 1.29 is 13.5 Å². The molecule has 1 rings (SSSR count). The van der Waals surface area contributed by atoms with E-state index in [2.05, 4.69) is 4.72 Å². The molecule has 5 nitrogen and oxygen atoms in total. The van der Waals surface area contributed by atoms with E-state index in [1.807, 2.05) is 0 Å². The summed E-state index contributed by atoms with van der Waals surface area (Å²) in [6.07, 6.45) is 2.25. The molecule has 0 aliphatic heterocycles. The number of nitrogens with one attached hydrogen (secondary N) is 1. The van der Waals surface area contributed by atoms with Crippen molar-refractivity contribution in [1.82, 2.24) is 4.72 Å². The molecule has 1 aromatic carbocycles. The Bertz CT molecular complexity index is 460. The van der Waals surface area contributed by atoms with E-state index in [0.717, 1.165) is 12.8 Å². The fourth-order valence-corrected chi connectivity index (χ4v) is 2.77. The van der Waals surface area contributed by atoms with Crippen LogP contribution in [0.15, 0.2) is 24.3 Å². The van der Waals surface area contributed by atoms with Gasteiger partial charge in [-0.3, -0.25) is 0 Å². The summed E-state index contributed by atoms with van der Waals surface area (Å²) in [7, 11) is -3.31. The van der Waals surface area contributed by atoms with Crippen molar-refractivity contribution in [3.8, 4) is 0 Å². The van der Waals surface area contributed by atoms with Gasteiger partial charge in [-0.2, -0.15) is 0 Å². The highest BCUT2D eigenvalue weighted by Crippen LogP contribution is 2.09. The highest BCUT2D eigenvalue weighted by molar-refractivity contribution is 7.88. The molecule has 0 aromatic heterocycles. The number of nitrogens with two attached hydrogens (primary N) is 1. The molecule has 0 fully saturated rings. The summed E-state index contributed by atoms with van der Waals surface area (Å²) in [5.41, 5.74) is 6.83. The lowest BCUT2D eigenvalue weighted by molar-refractivity contribution is 0.283. The molecule has 4 N–H and O–H groups in total. The molecule has 0 saturated heterocycles. The molecule has 0 saturated carbocycles. The third-order valence-electron chi connectivity index (χ3n) is 2.46. The molecule has 0 heterocycles. The minimum atomic E-state index is -3.31. The summed E-state index contributed by atoms with van der Waals surface area (Å²) >= 11 is 0. The number of aliphatic hydroxyl groups excluding tert-OH is 1. The Kier molecular flexibility index (Phi) is 6.11. The fraction of sp³-hybridized carbons (Fsp3) is 0.500. The first-order valence-electron chi connectivity index (χ1n) is 5.96. The number of hydrogen-bond donors (Lipinski definition) is 3. The fourth-order valence-electron chi connectivity index (χ4n) is 1.59. The first kappa shape index (κ1) is 14.9. The summed E-state index contributed by atoms with van der Waals surface area (Å²) < 4.78 is 26.0. The largest absolute Gasteiger partial charge is 0.399 e. The third-order valence-corrected chi connectivity index (χ3v) is 3.82. The van der Waals surface area contributed by atoms with Gasteiger partial charge in [0.15, 0.2) is 0 Å². The van der Waals surface area contributed by atoms with Crippen molar-refractivity contribution in [2.45, 2.75) is 25.0 Å². The van der Waals surface area contributed by atoms with Crippen LogP contribution in [0.25, 0.3) is 0 Å². The number of benzene rings is 1. The minimum absolute atomic E-state index is 0.0575. The van der Waals surface area contributed by atoms with E-state index in [0.29, 0.717) is 24.2 Å². The maximum atomic E-state index is 11.7. The maximum absolute atomic E-state index is 11.7. The van der Waals surface area contributed by atoms with Gasteiger partial charge in [-0.25, -0.2) is 13.1 Å². The summed E-state index contributed by atoms with van der Waals surface area (Å²) in [5, 5.41) is 8.60. The topological polar surface area (TPSA) is 92.4 Å². The molecule has 0 bridgehead atoms. The van der Waals surface area contributed by atoms with Crippen molar-refractivity contribution in [2.24, 2.45) is 0 Å². The van der Waals surface area contributed by atoms with Crippen LogP contribution in [0.2, 0.25) is 0 Å². The number of sulfonamides is 1. The van der Waals surface area contributed by atoms with Crippen LogP contribution < -0.4 is 10.5 Å². The molecule has 0 spiro atoms. The molecule has 0 amide bonds. The molecule has 6 heteroatoms. The number of hydrogen-bond acceptors (Lipinski definition) is 4. The number of aliphatic hydroxyl groups is 1. The molecular weight excluding hydrogens is 252 g/mol. The van der Waals surface area contributed by atoms with Crippen LogP contribution >= 0.6 is 0 Å². The number of rotatable bonds is 8. The van der Waals surface area contributed by atoms with Crippen LogP contribution in [0.1, 0.15) is 24.8 Å². The van der Waals surface area contributed by atoms with E-state index in [1.54, 1.807) is 24.3 Å². The predicted octanol–water partition coefficient (Wildman–Crippen LogP) is 0.851. The highest BCUT2D eigenvalue weighted by atomic mass is 32.2. The third kappa shape index (κ3) is 6.00. The normalized spacial score (nSPS) is 11.6. The van der Waals surface area contributed by atoms with Gasteiger partial charge in [0, 0.05) is 18.8 Å². The van der Waals surface area contributed by atoms with E-state index in [-0.39, 0.29) is 12.4 Å². The van der Waals surface area contributed by atoms with Gasteiger partial charge in [0.25, 0.3) is 0 Å². The zero-order valence-corrected chi connectivity index (χ0v) is 11.1. The van der Waals surface area contributed by atoms with Gasteiger partial charge in [-0.1, -0.05) is 12.1 Å². The zero-order chi connectivity index (χ0) is 13.4. The average Bonchev–Trinajstić information content (AvgIpc) is 2.28. The van der Waals surface area contributed by atoms with Gasteiger partial charge in [0.2, 0.25) is 10.0 Å². The Morgan fingerprint density at radius 2 is 2.00 bits per heavy atom. The summed E-state index contributed by atoms with van der Waals surface area (Å²) in [4.78, 5) is 0. The molecule has 0 radical (unpaired) electrons. The Hall–Kier alpha value is -1.11. The smallest absolute Gasteiger partial charge is 0.215 e. The standard InChI is InChI=1S/C12H20N2O3S/c13-12-6-4-5-11(9-12)10-18(16,17)14-7-2-1-3-8-15/h4-6,9,14-15H,1-3,7-8,10,13H2. The van der Waals surface area contributed by atoms with Crippen molar-refractivity contribution in [1.29, 1.82) is 0 Å². The van der Waals surface area contributed by atoms with Gasteiger partial charge in [-0.15, -0.1) is 0 Å². The Morgan fingerprint density at radius 1 is 1.22 bits per heavy atom. The van der Waals surface area contributed by atoms with Crippen LogP contribution in [0, 0.1) is 0 Å². The quantitative estimate of drug-likeness (QED) is 0.483. The van der Waals surface area contributed by atoms with Gasteiger partial charge >= 0.3 is 0 Å². The van der Waals surface area contributed by atoms with Gasteiger partial charge in [0.05, 0.1) is 5.75 Å². The maximum Gasteiger partial charge on any atom is 0.215 e. The molecule has 0 atom stereocenters. The number of unbranched alkanes of at least 4 members (excludes halogenated alkanes) is 2. The van der Waals surface area contributed by atoms with Crippen LogP contribution in [-0.4, -0.2) is 26.7 Å². The molecular formula is C12H20N2O3S. The lowest BCUT2D eigenvalue weighted by Crippen LogP contribution is -2.26. The molecule has 0 aliphatic rings. The SMILES string of the molecule is Nc1cccc(CS(=O)(=O)NCCCCCO)c1. The highest BCUT2D eigenvalue weighted by Gasteiger charge is 2.10.